The van der Waals surface area contributed by atoms with E-state index in [2.05, 4.69) is 4.90 Å². The first-order valence-electron chi connectivity index (χ1n) is 9.93. The van der Waals surface area contributed by atoms with Gasteiger partial charge < -0.3 is 4.90 Å². The van der Waals surface area contributed by atoms with Crippen LogP contribution in [0.2, 0.25) is 5.02 Å². The van der Waals surface area contributed by atoms with Crippen molar-refractivity contribution in [3.8, 4) is 0 Å². The van der Waals surface area contributed by atoms with E-state index < -0.39 is 4.92 Å². The van der Waals surface area contributed by atoms with Gasteiger partial charge in [-0.1, -0.05) is 36.2 Å². The van der Waals surface area contributed by atoms with Crippen molar-refractivity contribution in [1.29, 1.82) is 0 Å². The smallest absolute Gasteiger partial charge is 0.269 e. The molecule has 0 aromatic heterocycles. The SMILES string of the molecule is CCC(=O)N(c1ccc(C)cc1)C1CCN(Cc2cc([N+](=O)[O-])ccc2Cl)CC1. The molecule has 0 radical (unpaired) electrons. The lowest BCUT2D eigenvalue weighted by molar-refractivity contribution is -0.384. The van der Waals surface area contributed by atoms with Crippen LogP contribution in [0.1, 0.15) is 37.3 Å². The van der Waals surface area contributed by atoms with Gasteiger partial charge in [0.1, 0.15) is 0 Å². The second kappa shape index (κ2) is 9.37. The maximum absolute atomic E-state index is 12.6. The number of piperidine rings is 1. The average Bonchev–Trinajstić information content (AvgIpc) is 2.72. The highest BCUT2D eigenvalue weighted by Gasteiger charge is 2.28. The lowest BCUT2D eigenvalue weighted by atomic mass is 10.0. The fourth-order valence-corrected chi connectivity index (χ4v) is 3.98. The molecule has 154 valence electrons. The summed E-state index contributed by atoms with van der Waals surface area (Å²) < 4.78 is 0. The van der Waals surface area contributed by atoms with Crippen LogP contribution in [0.15, 0.2) is 42.5 Å². The summed E-state index contributed by atoms with van der Waals surface area (Å²) in [6.45, 7) is 6.11. The predicted octanol–water partition coefficient (Wildman–Crippen LogP) is 4.96. The number of rotatable bonds is 6. The molecule has 0 aliphatic carbocycles. The number of nitrogens with zero attached hydrogens (tertiary/aromatic N) is 3. The number of nitro groups is 1. The monoisotopic (exact) mass is 415 g/mol. The van der Waals surface area contributed by atoms with Gasteiger partial charge in [-0.2, -0.15) is 0 Å². The number of carbonyl (C=O) groups is 1. The Morgan fingerprint density at radius 1 is 1.21 bits per heavy atom. The van der Waals surface area contributed by atoms with Crippen molar-refractivity contribution in [2.24, 2.45) is 0 Å². The van der Waals surface area contributed by atoms with Crippen LogP contribution in [0.5, 0.6) is 0 Å². The molecule has 0 bridgehead atoms. The molecule has 2 aromatic carbocycles. The first-order chi connectivity index (χ1) is 13.9. The van der Waals surface area contributed by atoms with Crippen LogP contribution in [0.4, 0.5) is 11.4 Å². The summed E-state index contributed by atoms with van der Waals surface area (Å²) in [7, 11) is 0. The number of halogens is 1. The molecule has 1 fully saturated rings. The summed E-state index contributed by atoms with van der Waals surface area (Å²) in [5.41, 5.74) is 2.93. The molecule has 1 heterocycles. The number of likely N-dealkylation sites (tertiary alicyclic amines) is 1. The van der Waals surface area contributed by atoms with Gasteiger partial charge in [0.05, 0.1) is 4.92 Å². The summed E-state index contributed by atoms with van der Waals surface area (Å²) in [6, 6.07) is 12.8. The molecule has 29 heavy (non-hydrogen) atoms. The molecule has 1 aliphatic rings. The van der Waals surface area contributed by atoms with Crippen LogP contribution in [-0.4, -0.2) is 34.9 Å². The minimum Gasteiger partial charge on any atom is -0.309 e. The predicted molar refractivity (Wildman–Crippen MR) is 115 cm³/mol. The molecular formula is C22H26ClN3O3. The number of carbonyl (C=O) groups excluding carboxylic acids is 1. The van der Waals surface area contributed by atoms with E-state index in [0.717, 1.165) is 37.2 Å². The highest BCUT2D eigenvalue weighted by Crippen LogP contribution is 2.28. The third-order valence-electron chi connectivity index (χ3n) is 5.44. The Morgan fingerprint density at radius 2 is 1.86 bits per heavy atom. The molecule has 7 heteroatoms. The number of nitro benzene ring substituents is 1. The van der Waals surface area contributed by atoms with Crippen molar-refractivity contribution in [3.05, 3.63) is 68.7 Å². The number of hydrogen-bond acceptors (Lipinski definition) is 4. The van der Waals surface area contributed by atoms with E-state index in [1.165, 1.54) is 11.6 Å². The topological polar surface area (TPSA) is 66.7 Å². The summed E-state index contributed by atoms with van der Waals surface area (Å²) in [5, 5.41) is 11.6. The van der Waals surface area contributed by atoms with E-state index in [-0.39, 0.29) is 17.6 Å². The third kappa shape index (κ3) is 5.14. The number of hydrogen-bond donors (Lipinski definition) is 0. The largest absolute Gasteiger partial charge is 0.309 e. The van der Waals surface area contributed by atoms with Crippen LogP contribution >= 0.6 is 11.6 Å². The van der Waals surface area contributed by atoms with Crippen molar-refractivity contribution < 1.29 is 9.72 Å². The maximum atomic E-state index is 12.6. The number of benzene rings is 2. The molecule has 0 spiro atoms. The van der Waals surface area contributed by atoms with E-state index >= 15 is 0 Å². The lowest BCUT2D eigenvalue weighted by Crippen LogP contribution is -2.47. The van der Waals surface area contributed by atoms with Crippen LogP contribution in [0.25, 0.3) is 0 Å². The molecule has 1 saturated heterocycles. The molecule has 0 unspecified atom stereocenters. The quantitative estimate of drug-likeness (QED) is 0.493. The summed E-state index contributed by atoms with van der Waals surface area (Å²) in [4.78, 5) is 27.5. The normalized spacial score (nSPS) is 15.3. The molecule has 6 nitrogen and oxygen atoms in total. The van der Waals surface area contributed by atoms with Crippen molar-refractivity contribution in [1.82, 2.24) is 4.90 Å². The fourth-order valence-electron chi connectivity index (χ4n) is 3.81. The molecule has 2 aromatic rings. The Hall–Kier alpha value is -2.44. The number of aryl methyl sites for hydroxylation is 1. The summed E-state index contributed by atoms with van der Waals surface area (Å²) in [5.74, 6) is 0.133. The van der Waals surface area contributed by atoms with Gasteiger partial charge in [0, 0.05) is 54.9 Å². The second-order valence-electron chi connectivity index (χ2n) is 7.49. The van der Waals surface area contributed by atoms with Crippen molar-refractivity contribution in [2.75, 3.05) is 18.0 Å². The van der Waals surface area contributed by atoms with Crippen molar-refractivity contribution in [3.63, 3.8) is 0 Å². The molecule has 1 aliphatic heterocycles. The first kappa shape index (κ1) is 21.3. The van der Waals surface area contributed by atoms with Crippen LogP contribution in [-0.2, 0) is 11.3 Å². The van der Waals surface area contributed by atoms with Gasteiger partial charge >= 0.3 is 0 Å². The van der Waals surface area contributed by atoms with Gasteiger partial charge in [-0.15, -0.1) is 0 Å². The van der Waals surface area contributed by atoms with Crippen molar-refractivity contribution >= 4 is 28.9 Å². The van der Waals surface area contributed by atoms with Gasteiger partial charge in [-0.25, -0.2) is 0 Å². The zero-order valence-corrected chi connectivity index (χ0v) is 17.6. The Bertz CT molecular complexity index is 877. The van der Waals surface area contributed by atoms with E-state index in [1.54, 1.807) is 12.1 Å². The van der Waals surface area contributed by atoms with E-state index in [4.69, 9.17) is 11.6 Å². The Balaban J connectivity index is 1.68. The highest BCUT2D eigenvalue weighted by molar-refractivity contribution is 6.31. The minimum absolute atomic E-state index is 0.0541. The second-order valence-corrected chi connectivity index (χ2v) is 7.90. The summed E-state index contributed by atoms with van der Waals surface area (Å²) >= 11 is 6.25. The number of non-ortho nitro benzene ring substituents is 1. The zero-order valence-electron chi connectivity index (χ0n) is 16.8. The van der Waals surface area contributed by atoms with Crippen LogP contribution in [0.3, 0.4) is 0 Å². The van der Waals surface area contributed by atoms with Gasteiger partial charge in [0.2, 0.25) is 5.91 Å². The van der Waals surface area contributed by atoms with Crippen molar-refractivity contribution in [2.45, 2.75) is 45.7 Å². The average molecular weight is 416 g/mol. The highest BCUT2D eigenvalue weighted by atomic mass is 35.5. The van der Waals surface area contributed by atoms with E-state index in [0.29, 0.717) is 18.0 Å². The van der Waals surface area contributed by atoms with Gasteiger partial charge in [0.25, 0.3) is 5.69 Å². The molecule has 0 atom stereocenters. The number of anilines is 1. The number of amides is 1. The van der Waals surface area contributed by atoms with Gasteiger partial charge in [0.15, 0.2) is 0 Å². The molecule has 1 amide bonds. The first-order valence-corrected chi connectivity index (χ1v) is 10.3. The molecule has 0 saturated carbocycles. The lowest BCUT2D eigenvalue weighted by Gasteiger charge is -2.38. The Morgan fingerprint density at radius 3 is 2.45 bits per heavy atom. The van der Waals surface area contributed by atoms with Crippen LogP contribution in [0, 0.1) is 17.0 Å². The molecule has 0 N–H and O–H groups in total. The fraction of sp³-hybridized carbons (Fsp3) is 0.409. The minimum atomic E-state index is -0.401. The molecular weight excluding hydrogens is 390 g/mol. The van der Waals surface area contributed by atoms with Gasteiger partial charge in [-0.05, 0) is 43.5 Å². The standard InChI is InChI=1S/C22H26ClN3O3/c1-3-22(27)25(18-6-4-16(2)5-7-18)19-10-12-24(13-11-19)15-17-14-20(26(28)29)8-9-21(17)23/h4-9,14,19H,3,10-13,15H2,1-2H3. The van der Waals surface area contributed by atoms with Crippen LogP contribution < -0.4 is 4.90 Å². The Kier molecular flexibility index (Phi) is 6.87. The Labute approximate surface area is 176 Å². The maximum Gasteiger partial charge on any atom is 0.269 e. The summed E-state index contributed by atoms with van der Waals surface area (Å²) in [6.07, 6.45) is 2.18. The van der Waals surface area contributed by atoms with E-state index in [1.807, 2.05) is 43.0 Å². The third-order valence-corrected chi connectivity index (χ3v) is 5.81. The van der Waals surface area contributed by atoms with E-state index in [9.17, 15) is 14.9 Å². The molecule has 3 rings (SSSR count). The zero-order chi connectivity index (χ0) is 21.0. The van der Waals surface area contributed by atoms with Gasteiger partial charge in [-0.3, -0.25) is 19.8 Å².